The molecule has 0 aliphatic heterocycles. The van der Waals surface area contributed by atoms with Crippen molar-refractivity contribution in [1.29, 1.82) is 0 Å². The SMILES string of the molecule is COC(=O)[C@]12C[C@]3(OC)c4ccccc4[C@H]1[C@H]23. The number of benzene rings is 1. The summed E-state index contributed by atoms with van der Waals surface area (Å²) in [6.45, 7) is 0. The molecule has 0 heterocycles. The molecule has 0 N–H and O–H groups in total. The van der Waals surface area contributed by atoms with Crippen molar-refractivity contribution in [1.82, 2.24) is 0 Å². The van der Waals surface area contributed by atoms with E-state index in [9.17, 15) is 4.79 Å². The third-order valence-electron chi connectivity index (χ3n) is 5.07. The van der Waals surface area contributed by atoms with Gasteiger partial charge in [-0.2, -0.15) is 0 Å². The van der Waals surface area contributed by atoms with E-state index in [2.05, 4.69) is 12.1 Å². The molecule has 3 heteroatoms. The van der Waals surface area contributed by atoms with E-state index < -0.39 is 0 Å². The van der Waals surface area contributed by atoms with Crippen molar-refractivity contribution >= 4 is 5.97 Å². The van der Waals surface area contributed by atoms with Crippen LogP contribution in [0.4, 0.5) is 0 Å². The fourth-order valence-corrected chi connectivity index (χ4v) is 4.46. The van der Waals surface area contributed by atoms with E-state index in [1.165, 1.54) is 18.2 Å². The Morgan fingerprint density at radius 3 is 2.82 bits per heavy atom. The molecular formula is C14H14O3. The van der Waals surface area contributed by atoms with Crippen LogP contribution in [0.3, 0.4) is 0 Å². The summed E-state index contributed by atoms with van der Waals surface area (Å²) in [6, 6.07) is 8.33. The van der Waals surface area contributed by atoms with Crippen molar-refractivity contribution < 1.29 is 14.3 Å². The van der Waals surface area contributed by atoms with Gasteiger partial charge in [-0.15, -0.1) is 0 Å². The maximum atomic E-state index is 11.9. The zero-order valence-corrected chi connectivity index (χ0v) is 9.90. The van der Waals surface area contributed by atoms with Crippen LogP contribution in [0, 0.1) is 11.3 Å². The van der Waals surface area contributed by atoms with Gasteiger partial charge in [-0.3, -0.25) is 4.79 Å². The quantitative estimate of drug-likeness (QED) is 0.727. The average Bonchev–Trinajstić information content (AvgIpc) is 2.84. The molecule has 4 atom stereocenters. The predicted molar refractivity (Wildman–Crippen MR) is 60.4 cm³/mol. The number of hydrogen-bond acceptors (Lipinski definition) is 3. The number of carbonyl (C=O) groups excluding carboxylic acids is 1. The van der Waals surface area contributed by atoms with Crippen LogP contribution in [0.2, 0.25) is 0 Å². The van der Waals surface area contributed by atoms with Crippen LogP contribution in [0.1, 0.15) is 23.5 Å². The highest BCUT2D eigenvalue weighted by molar-refractivity contribution is 5.89. The third-order valence-corrected chi connectivity index (χ3v) is 5.07. The van der Waals surface area contributed by atoms with E-state index in [1.54, 1.807) is 7.11 Å². The minimum Gasteiger partial charge on any atom is -0.469 e. The zero-order chi connectivity index (χ0) is 11.8. The van der Waals surface area contributed by atoms with Gasteiger partial charge in [0.1, 0.15) is 0 Å². The molecule has 2 fully saturated rings. The molecule has 3 nitrogen and oxygen atoms in total. The van der Waals surface area contributed by atoms with Gasteiger partial charge in [0.25, 0.3) is 0 Å². The van der Waals surface area contributed by atoms with Crippen molar-refractivity contribution in [2.75, 3.05) is 14.2 Å². The lowest BCUT2D eigenvalue weighted by Crippen LogP contribution is -2.49. The van der Waals surface area contributed by atoms with E-state index in [0.29, 0.717) is 11.8 Å². The molecule has 4 rings (SSSR count). The molecule has 17 heavy (non-hydrogen) atoms. The molecule has 0 spiro atoms. The smallest absolute Gasteiger partial charge is 0.312 e. The second-order valence-corrected chi connectivity index (χ2v) is 5.34. The molecule has 1 aromatic carbocycles. The molecule has 0 bridgehead atoms. The van der Waals surface area contributed by atoms with Gasteiger partial charge in [-0.25, -0.2) is 0 Å². The maximum Gasteiger partial charge on any atom is 0.312 e. The van der Waals surface area contributed by atoms with E-state index in [-0.39, 0.29) is 17.0 Å². The lowest BCUT2D eigenvalue weighted by Gasteiger charge is -2.45. The summed E-state index contributed by atoms with van der Waals surface area (Å²) in [7, 11) is 3.22. The first-order chi connectivity index (χ1) is 8.22. The Labute approximate surface area is 99.7 Å². The van der Waals surface area contributed by atoms with E-state index in [4.69, 9.17) is 9.47 Å². The van der Waals surface area contributed by atoms with Gasteiger partial charge in [0.05, 0.1) is 18.1 Å². The first kappa shape index (κ1) is 9.66. The van der Waals surface area contributed by atoms with Gasteiger partial charge in [-0.1, -0.05) is 24.3 Å². The molecule has 1 aromatic rings. The van der Waals surface area contributed by atoms with Gasteiger partial charge in [0, 0.05) is 18.9 Å². The monoisotopic (exact) mass is 230 g/mol. The summed E-state index contributed by atoms with van der Waals surface area (Å²) in [6.07, 6.45) is 0.787. The molecule has 0 unspecified atom stereocenters. The van der Waals surface area contributed by atoms with E-state index in [1.807, 2.05) is 12.1 Å². The first-order valence-corrected chi connectivity index (χ1v) is 5.95. The Morgan fingerprint density at radius 1 is 1.35 bits per heavy atom. The van der Waals surface area contributed by atoms with Crippen molar-refractivity contribution in [3.05, 3.63) is 35.4 Å². The van der Waals surface area contributed by atoms with Crippen LogP contribution in [0.25, 0.3) is 0 Å². The minimum atomic E-state index is -0.265. The lowest BCUT2D eigenvalue weighted by atomic mass is 9.65. The molecule has 0 amide bonds. The van der Waals surface area contributed by atoms with E-state index in [0.717, 1.165) is 6.42 Å². The van der Waals surface area contributed by atoms with Crippen molar-refractivity contribution in [3.8, 4) is 0 Å². The summed E-state index contributed by atoms with van der Waals surface area (Å²) in [5, 5.41) is 0. The van der Waals surface area contributed by atoms with Crippen LogP contribution in [-0.4, -0.2) is 20.2 Å². The largest absolute Gasteiger partial charge is 0.469 e. The Hall–Kier alpha value is -1.35. The summed E-state index contributed by atoms with van der Waals surface area (Å²) in [5.41, 5.74) is 2.09. The Morgan fingerprint density at radius 2 is 2.12 bits per heavy atom. The van der Waals surface area contributed by atoms with Crippen LogP contribution in [0.5, 0.6) is 0 Å². The molecule has 3 aliphatic rings. The fraction of sp³-hybridized carbons (Fsp3) is 0.500. The van der Waals surface area contributed by atoms with Gasteiger partial charge < -0.3 is 9.47 Å². The molecule has 0 aromatic heterocycles. The number of esters is 1. The lowest BCUT2D eigenvalue weighted by molar-refractivity contribution is -0.171. The van der Waals surface area contributed by atoms with Crippen molar-refractivity contribution in [3.63, 3.8) is 0 Å². The highest BCUT2D eigenvalue weighted by Gasteiger charge is 2.90. The standard InChI is InChI=1S/C14H14O3/c1-16-12(15)13-7-14(17-2)9-6-4-3-5-8(9)10(13)11(13)14/h3-6,10-11H,7H2,1-2H3/t10-,11+,13+,14-/m0/s1. The minimum absolute atomic E-state index is 0.0605. The number of hydrogen-bond donors (Lipinski definition) is 0. The second kappa shape index (κ2) is 2.56. The summed E-state index contributed by atoms with van der Waals surface area (Å²) in [4.78, 5) is 11.9. The fourth-order valence-electron chi connectivity index (χ4n) is 4.46. The van der Waals surface area contributed by atoms with Crippen LogP contribution in [0.15, 0.2) is 24.3 Å². The molecular weight excluding hydrogens is 216 g/mol. The summed E-state index contributed by atoms with van der Waals surface area (Å²) in [5.74, 6) is 0.575. The highest BCUT2D eigenvalue weighted by atomic mass is 16.5. The molecule has 88 valence electrons. The molecule has 3 aliphatic carbocycles. The molecule has 2 saturated carbocycles. The average molecular weight is 230 g/mol. The Bertz CT molecular complexity index is 538. The number of methoxy groups -OCH3 is 2. The van der Waals surface area contributed by atoms with E-state index >= 15 is 0 Å². The molecule has 0 radical (unpaired) electrons. The van der Waals surface area contributed by atoms with Crippen LogP contribution < -0.4 is 0 Å². The zero-order valence-electron chi connectivity index (χ0n) is 9.90. The Balaban J connectivity index is 1.87. The maximum absolute atomic E-state index is 11.9. The second-order valence-electron chi connectivity index (χ2n) is 5.34. The molecule has 0 saturated heterocycles. The van der Waals surface area contributed by atoms with Gasteiger partial charge in [0.15, 0.2) is 0 Å². The number of fused-ring (bicyclic) bond motifs is 4. The van der Waals surface area contributed by atoms with Gasteiger partial charge in [-0.05, 0) is 17.5 Å². The third kappa shape index (κ3) is 0.730. The topological polar surface area (TPSA) is 35.5 Å². The Kier molecular flexibility index (Phi) is 1.45. The van der Waals surface area contributed by atoms with Crippen molar-refractivity contribution in [2.45, 2.75) is 17.9 Å². The number of rotatable bonds is 2. The first-order valence-electron chi connectivity index (χ1n) is 5.95. The van der Waals surface area contributed by atoms with Gasteiger partial charge in [0.2, 0.25) is 0 Å². The van der Waals surface area contributed by atoms with Gasteiger partial charge >= 0.3 is 5.97 Å². The number of ether oxygens (including phenoxy) is 2. The number of carbonyl (C=O) groups is 1. The predicted octanol–water partition coefficient (Wildman–Crippen LogP) is 1.82. The van der Waals surface area contributed by atoms with Crippen LogP contribution in [-0.2, 0) is 19.9 Å². The van der Waals surface area contributed by atoms with Crippen LogP contribution >= 0.6 is 0 Å². The summed E-state index contributed by atoms with van der Waals surface area (Å²) >= 11 is 0. The normalized spacial score (nSPS) is 43.4. The highest BCUT2D eigenvalue weighted by Crippen LogP contribution is 2.89. The van der Waals surface area contributed by atoms with Crippen molar-refractivity contribution in [2.24, 2.45) is 11.3 Å². The summed E-state index contributed by atoms with van der Waals surface area (Å²) < 4.78 is 10.7.